The number of para-hydroxylation sites is 1. The minimum atomic E-state index is -0.225. The van der Waals surface area contributed by atoms with E-state index in [1.165, 1.54) is 28.1 Å². The first kappa shape index (κ1) is 17.4. The third-order valence-corrected chi connectivity index (χ3v) is 4.26. The Balaban J connectivity index is 1.76. The largest absolute Gasteiger partial charge is 0.299 e. The number of nitrogens with zero attached hydrogens (tertiary/aromatic N) is 4. The maximum Gasteiger partial charge on any atom is 0.261 e. The number of benzene rings is 1. The molecule has 0 fully saturated rings. The van der Waals surface area contributed by atoms with Gasteiger partial charge < -0.3 is 0 Å². The van der Waals surface area contributed by atoms with Gasteiger partial charge in [-0.1, -0.05) is 35.3 Å². The van der Waals surface area contributed by atoms with Crippen molar-refractivity contribution in [2.75, 3.05) is 11.9 Å². The Bertz CT molecular complexity index is 1000. The van der Waals surface area contributed by atoms with E-state index in [1.807, 2.05) is 6.07 Å². The topological polar surface area (TPSA) is 68.1 Å². The summed E-state index contributed by atoms with van der Waals surface area (Å²) in [5, 5.41) is 1.20. The highest BCUT2D eigenvalue weighted by Crippen LogP contribution is 2.25. The normalized spacial score (nSPS) is 10.8. The maximum absolute atomic E-state index is 12.4. The smallest absolute Gasteiger partial charge is 0.261 e. The van der Waals surface area contributed by atoms with Crippen molar-refractivity contribution in [3.63, 3.8) is 0 Å². The summed E-state index contributed by atoms with van der Waals surface area (Å²) in [7, 11) is 1.58. The van der Waals surface area contributed by atoms with Crippen molar-refractivity contribution in [2.45, 2.75) is 13.0 Å². The summed E-state index contributed by atoms with van der Waals surface area (Å²) in [5.74, 6) is 0.0943. The highest BCUT2D eigenvalue weighted by atomic mass is 35.5. The molecule has 3 rings (SSSR count). The number of aromatic nitrogens is 3. The van der Waals surface area contributed by atoms with Crippen LogP contribution in [0.1, 0.15) is 6.42 Å². The van der Waals surface area contributed by atoms with E-state index in [4.69, 9.17) is 23.2 Å². The molecule has 2 aromatic heterocycles. The van der Waals surface area contributed by atoms with Crippen LogP contribution in [0.3, 0.4) is 0 Å². The van der Waals surface area contributed by atoms with Crippen LogP contribution in [0.4, 0.5) is 5.82 Å². The molecule has 2 heterocycles. The van der Waals surface area contributed by atoms with E-state index < -0.39 is 0 Å². The molecule has 0 aliphatic heterocycles. The Morgan fingerprint density at radius 1 is 1.24 bits per heavy atom. The Morgan fingerprint density at radius 3 is 2.76 bits per heavy atom. The lowest BCUT2D eigenvalue weighted by Gasteiger charge is -2.17. The number of rotatable bonds is 4. The van der Waals surface area contributed by atoms with Crippen molar-refractivity contribution in [3.8, 4) is 0 Å². The van der Waals surface area contributed by atoms with E-state index in [2.05, 4.69) is 9.97 Å². The highest BCUT2D eigenvalue weighted by Gasteiger charge is 2.16. The first-order valence-corrected chi connectivity index (χ1v) is 8.25. The predicted octanol–water partition coefficient (Wildman–Crippen LogP) is 3.15. The van der Waals surface area contributed by atoms with Crippen LogP contribution in [-0.2, 0) is 11.3 Å². The molecule has 25 heavy (non-hydrogen) atoms. The molecule has 128 valence electrons. The third-order valence-electron chi connectivity index (χ3n) is 3.78. The predicted molar refractivity (Wildman–Crippen MR) is 98.3 cm³/mol. The van der Waals surface area contributed by atoms with Gasteiger partial charge in [0, 0.05) is 26.2 Å². The summed E-state index contributed by atoms with van der Waals surface area (Å²) < 4.78 is 1.42. The fourth-order valence-corrected chi connectivity index (χ4v) is 2.93. The molecular formula is C17H14Cl2N4O2. The van der Waals surface area contributed by atoms with Crippen molar-refractivity contribution < 1.29 is 4.79 Å². The number of halogens is 2. The van der Waals surface area contributed by atoms with Gasteiger partial charge in [-0.2, -0.15) is 0 Å². The fraction of sp³-hybridized carbons (Fsp3) is 0.176. The number of pyridine rings is 1. The Kier molecular flexibility index (Phi) is 5.01. The number of fused-ring (bicyclic) bond motifs is 1. The molecule has 8 heteroatoms. The number of hydrogen-bond acceptors (Lipinski definition) is 4. The SMILES string of the molecule is CN(C(=O)CCn1cnc2ccccc2c1=O)c1ncc(Cl)cc1Cl. The monoisotopic (exact) mass is 376 g/mol. The zero-order valence-electron chi connectivity index (χ0n) is 13.3. The quantitative estimate of drug-likeness (QED) is 0.701. The van der Waals surface area contributed by atoms with Gasteiger partial charge in [0.15, 0.2) is 5.82 Å². The second-order valence-electron chi connectivity index (χ2n) is 5.42. The van der Waals surface area contributed by atoms with Crippen LogP contribution < -0.4 is 10.5 Å². The van der Waals surface area contributed by atoms with Crippen molar-refractivity contribution in [1.29, 1.82) is 0 Å². The van der Waals surface area contributed by atoms with Gasteiger partial charge in [-0.05, 0) is 18.2 Å². The number of carbonyl (C=O) groups is 1. The number of aryl methyl sites for hydroxylation is 1. The molecule has 0 radical (unpaired) electrons. The van der Waals surface area contributed by atoms with E-state index in [0.717, 1.165) is 0 Å². The lowest BCUT2D eigenvalue weighted by molar-refractivity contribution is -0.118. The molecule has 0 spiro atoms. The van der Waals surface area contributed by atoms with Gasteiger partial charge in [0.1, 0.15) is 0 Å². The summed E-state index contributed by atoms with van der Waals surface area (Å²) >= 11 is 11.9. The average Bonchev–Trinajstić information content (AvgIpc) is 2.60. The Morgan fingerprint density at radius 2 is 2.00 bits per heavy atom. The number of anilines is 1. The molecule has 0 saturated carbocycles. The van der Waals surface area contributed by atoms with Crippen LogP contribution in [0.25, 0.3) is 10.9 Å². The van der Waals surface area contributed by atoms with Crippen LogP contribution in [0.2, 0.25) is 10.0 Å². The van der Waals surface area contributed by atoms with Gasteiger partial charge in [-0.15, -0.1) is 0 Å². The lowest BCUT2D eigenvalue weighted by atomic mass is 10.2. The maximum atomic E-state index is 12.4. The molecule has 6 nitrogen and oxygen atoms in total. The van der Waals surface area contributed by atoms with Gasteiger partial charge >= 0.3 is 0 Å². The summed E-state index contributed by atoms with van der Waals surface area (Å²) in [6.45, 7) is 0.213. The standard InChI is InChI=1S/C17H14Cl2N4O2/c1-22(16-13(19)8-11(18)9-20-16)15(24)6-7-23-10-21-14-5-3-2-4-12(14)17(23)25/h2-5,8-10H,6-7H2,1H3. The van der Waals surface area contributed by atoms with Gasteiger partial charge in [0.05, 0.1) is 27.3 Å². The Labute approximate surface area is 153 Å². The fourth-order valence-electron chi connectivity index (χ4n) is 2.42. The van der Waals surface area contributed by atoms with Crippen molar-refractivity contribution >= 4 is 45.8 Å². The number of carbonyl (C=O) groups excluding carboxylic acids is 1. The zero-order chi connectivity index (χ0) is 18.0. The van der Waals surface area contributed by atoms with Crippen LogP contribution in [-0.4, -0.2) is 27.5 Å². The summed E-state index contributed by atoms with van der Waals surface area (Å²) in [4.78, 5) is 34.5. The molecule has 3 aromatic rings. The summed E-state index contributed by atoms with van der Waals surface area (Å²) in [6, 6.07) is 8.61. The van der Waals surface area contributed by atoms with Gasteiger partial charge in [0.25, 0.3) is 5.56 Å². The molecule has 0 N–H and O–H groups in total. The van der Waals surface area contributed by atoms with Gasteiger partial charge in [-0.25, -0.2) is 9.97 Å². The highest BCUT2D eigenvalue weighted by molar-refractivity contribution is 6.36. The molecular weight excluding hydrogens is 363 g/mol. The molecule has 0 unspecified atom stereocenters. The Hall–Kier alpha value is -2.44. The third kappa shape index (κ3) is 3.65. The number of hydrogen-bond donors (Lipinski definition) is 0. The molecule has 1 amide bonds. The van der Waals surface area contributed by atoms with Crippen LogP contribution in [0, 0.1) is 0 Å². The first-order chi connectivity index (χ1) is 12.0. The average molecular weight is 377 g/mol. The molecule has 0 saturated heterocycles. The van der Waals surface area contributed by atoms with E-state index in [0.29, 0.717) is 21.7 Å². The van der Waals surface area contributed by atoms with Crippen LogP contribution in [0.5, 0.6) is 0 Å². The van der Waals surface area contributed by atoms with Crippen molar-refractivity contribution in [2.24, 2.45) is 0 Å². The molecule has 1 aromatic carbocycles. The van der Waals surface area contributed by atoms with Crippen LogP contribution >= 0.6 is 23.2 Å². The van der Waals surface area contributed by atoms with Gasteiger partial charge in [0.2, 0.25) is 5.91 Å². The second-order valence-corrected chi connectivity index (χ2v) is 6.27. The van der Waals surface area contributed by atoms with Crippen LogP contribution in [0.15, 0.2) is 47.7 Å². The van der Waals surface area contributed by atoms with E-state index in [1.54, 1.807) is 25.2 Å². The minimum Gasteiger partial charge on any atom is -0.299 e. The molecule has 0 atom stereocenters. The zero-order valence-corrected chi connectivity index (χ0v) is 14.8. The van der Waals surface area contributed by atoms with Crippen molar-refractivity contribution in [3.05, 3.63) is 63.3 Å². The minimum absolute atomic E-state index is 0.108. The summed E-state index contributed by atoms with van der Waals surface area (Å²) in [6.07, 6.45) is 2.98. The molecule has 0 aliphatic carbocycles. The lowest BCUT2D eigenvalue weighted by Crippen LogP contribution is -2.30. The van der Waals surface area contributed by atoms with Crippen molar-refractivity contribution in [1.82, 2.24) is 14.5 Å². The van der Waals surface area contributed by atoms with E-state index >= 15 is 0 Å². The molecule has 0 bridgehead atoms. The second kappa shape index (κ2) is 7.21. The first-order valence-electron chi connectivity index (χ1n) is 7.49. The molecule has 0 aliphatic rings. The van der Waals surface area contributed by atoms with E-state index in [9.17, 15) is 9.59 Å². The van der Waals surface area contributed by atoms with E-state index in [-0.39, 0.29) is 29.5 Å². The van der Waals surface area contributed by atoms with Gasteiger partial charge in [-0.3, -0.25) is 19.1 Å². The number of amides is 1. The summed E-state index contributed by atoms with van der Waals surface area (Å²) in [5.41, 5.74) is 0.452.